The zero-order chi connectivity index (χ0) is 10.1. The molecule has 0 N–H and O–H groups in total. The molecule has 0 atom stereocenters. The smallest absolute Gasteiger partial charge is 0.143 e. The molecule has 1 fully saturated rings. The van der Waals surface area contributed by atoms with Crippen LogP contribution in [0.1, 0.15) is 26.7 Å². The van der Waals surface area contributed by atoms with Gasteiger partial charge in [0.25, 0.3) is 0 Å². The van der Waals surface area contributed by atoms with Crippen LogP contribution in [-0.2, 0) is 9.59 Å². The number of hydrogen-bond acceptors (Lipinski definition) is 3. The highest BCUT2D eigenvalue weighted by atomic mass is 16.2. The van der Waals surface area contributed by atoms with Gasteiger partial charge in [-0.3, -0.25) is 9.59 Å². The van der Waals surface area contributed by atoms with Crippen molar-refractivity contribution in [1.82, 2.24) is 4.90 Å². The van der Waals surface area contributed by atoms with Gasteiger partial charge in [0, 0.05) is 0 Å². The summed E-state index contributed by atoms with van der Waals surface area (Å²) >= 11 is 0. The van der Waals surface area contributed by atoms with E-state index in [-0.39, 0.29) is 11.6 Å². The molecule has 1 aliphatic heterocycles. The first kappa shape index (κ1) is 10.4. The average Bonchev–Trinajstić information content (AvgIpc) is 2.04. The summed E-state index contributed by atoms with van der Waals surface area (Å²) in [6.45, 7) is 4.76. The molecular formula is C10H17NO2. The Morgan fingerprint density at radius 1 is 1.08 bits per heavy atom. The van der Waals surface area contributed by atoms with Crippen molar-refractivity contribution in [2.24, 2.45) is 5.41 Å². The lowest BCUT2D eigenvalue weighted by Crippen LogP contribution is -2.46. The number of likely N-dealkylation sites (tertiary alicyclic amines) is 1. The molecule has 0 aromatic rings. The second-order valence-electron chi connectivity index (χ2n) is 4.00. The maximum atomic E-state index is 11.4. The Bertz CT molecular complexity index is 211. The molecule has 0 bridgehead atoms. The molecule has 0 aromatic carbocycles. The minimum atomic E-state index is -0.660. The van der Waals surface area contributed by atoms with Crippen LogP contribution in [0.15, 0.2) is 0 Å². The van der Waals surface area contributed by atoms with Gasteiger partial charge in [0.15, 0.2) is 0 Å². The van der Waals surface area contributed by atoms with Crippen LogP contribution in [0.3, 0.4) is 0 Å². The van der Waals surface area contributed by atoms with Crippen molar-refractivity contribution in [2.75, 3.05) is 20.1 Å². The molecule has 0 unspecified atom stereocenters. The molecule has 1 saturated heterocycles. The summed E-state index contributed by atoms with van der Waals surface area (Å²) in [7, 11) is 2.02. The van der Waals surface area contributed by atoms with Gasteiger partial charge < -0.3 is 4.90 Å². The summed E-state index contributed by atoms with van der Waals surface area (Å²) in [5.74, 6) is 0.0706. The van der Waals surface area contributed by atoms with Crippen molar-refractivity contribution in [3.05, 3.63) is 0 Å². The number of ketones is 2. The zero-order valence-electron chi connectivity index (χ0n) is 8.59. The molecule has 3 nitrogen and oxygen atoms in total. The third-order valence-electron chi connectivity index (χ3n) is 3.19. The van der Waals surface area contributed by atoms with Gasteiger partial charge in [-0.25, -0.2) is 0 Å². The van der Waals surface area contributed by atoms with Crippen LogP contribution >= 0.6 is 0 Å². The molecule has 1 heterocycles. The third kappa shape index (κ3) is 1.80. The predicted octanol–water partition coefficient (Wildman–Crippen LogP) is 0.876. The van der Waals surface area contributed by atoms with E-state index in [0.717, 1.165) is 13.1 Å². The van der Waals surface area contributed by atoms with Gasteiger partial charge in [0.1, 0.15) is 11.6 Å². The summed E-state index contributed by atoms with van der Waals surface area (Å²) in [5, 5.41) is 0. The van der Waals surface area contributed by atoms with Crippen LogP contribution in [-0.4, -0.2) is 36.6 Å². The van der Waals surface area contributed by atoms with Crippen molar-refractivity contribution in [3.8, 4) is 0 Å². The topological polar surface area (TPSA) is 37.4 Å². The molecule has 0 amide bonds. The first-order chi connectivity index (χ1) is 5.99. The molecule has 0 aromatic heterocycles. The first-order valence-electron chi connectivity index (χ1n) is 4.70. The van der Waals surface area contributed by atoms with Gasteiger partial charge in [-0.2, -0.15) is 0 Å². The van der Waals surface area contributed by atoms with Gasteiger partial charge >= 0.3 is 0 Å². The van der Waals surface area contributed by atoms with Crippen LogP contribution in [0, 0.1) is 5.41 Å². The van der Waals surface area contributed by atoms with Gasteiger partial charge in [0.2, 0.25) is 0 Å². The van der Waals surface area contributed by atoms with Crippen LogP contribution < -0.4 is 0 Å². The van der Waals surface area contributed by atoms with Crippen molar-refractivity contribution < 1.29 is 9.59 Å². The SMILES string of the molecule is CC(=O)C1(C(C)=O)CCN(C)CC1. The molecule has 0 spiro atoms. The van der Waals surface area contributed by atoms with Crippen LogP contribution in [0.2, 0.25) is 0 Å². The number of rotatable bonds is 2. The molecule has 0 saturated carbocycles. The quantitative estimate of drug-likeness (QED) is 0.596. The van der Waals surface area contributed by atoms with Crippen molar-refractivity contribution in [2.45, 2.75) is 26.7 Å². The van der Waals surface area contributed by atoms with E-state index in [1.54, 1.807) is 0 Å². The maximum Gasteiger partial charge on any atom is 0.143 e. The summed E-state index contributed by atoms with van der Waals surface area (Å²) in [6, 6.07) is 0. The Morgan fingerprint density at radius 2 is 1.46 bits per heavy atom. The fraction of sp³-hybridized carbons (Fsp3) is 0.800. The second-order valence-corrected chi connectivity index (χ2v) is 4.00. The number of nitrogens with zero attached hydrogens (tertiary/aromatic N) is 1. The van der Waals surface area contributed by atoms with Gasteiger partial charge in [0.05, 0.1) is 5.41 Å². The molecule has 13 heavy (non-hydrogen) atoms. The van der Waals surface area contributed by atoms with Gasteiger partial charge in [-0.1, -0.05) is 0 Å². The van der Waals surface area contributed by atoms with E-state index in [1.807, 2.05) is 7.05 Å². The highest BCUT2D eigenvalue weighted by Crippen LogP contribution is 2.32. The Balaban J connectivity index is 2.82. The van der Waals surface area contributed by atoms with Crippen molar-refractivity contribution >= 4 is 11.6 Å². The average molecular weight is 183 g/mol. The van der Waals surface area contributed by atoms with E-state index in [4.69, 9.17) is 0 Å². The second kappa shape index (κ2) is 3.58. The van der Waals surface area contributed by atoms with Crippen molar-refractivity contribution in [1.29, 1.82) is 0 Å². The lowest BCUT2D eigenvalue weighted by Gasteiger charge is -2.36. The Labute approximate surface area is 79.1 Å². The summed E-state index contributed by atoms with van der Waals surface area (Å²) < 4.78 is 0. The standard InChI is InChI=1S/C10H17NO2/c1-8(12)10(9(2)13)4-6-11(3)7-5-10/h4-7H2,1-3H3. The van der Waals surface area contributed by atoms with E-state index in [1.165, 1.54) is 13.8 Å². The van der Waals surface area contributed by atoms with Gasteiger partial charge in [-0.15, -0.1) is 0 Å². The fourth-order valence-corrected chi connectivity index (χ4v) is 1.95. The van der Waals surface area contributed by atoms with E-state index in [0.29, 0.717) is 12.8 Å². The van der Waals surface area contributed by atoms with E-state index in [9.17, 15) is 9.59 Å². The normalized spacial score (nSPS) is 22.7. The molecule has 0 aliphatic carbocycles. The lowest BCUT2D eigenvalue weighted by atomic mass is 9.72. The van der Waals surface area contributed by atoms with Crippen LogP contribution in [0.4, 0.5) is 0 Å². The summed E-state index contributed by atoms with van der Waals surface area (Å²) in [4.78, 5) is 25.0. The highest BCUT2D eigenvalue weighted by Gasteiger charge is 2.42. The van der Waals surface area contributed by atoms with Crippen LogP contribution in [0.5, 0.6) is 0 Å². The predicted molar refractivity (Wildman–Crippen MR) is 50.5 cm³/mol. The molecular weight excluding hydrogens is 166 g/mol. The molecule has 1 aliphatic rings. The fourth-order valence-electron chi connectivity index (χ4n) is 1.95. The lowest BCUT2D eigenvalue weighted by molar-refractivity contribution is -0.141. The van der Waals surface area contributed by atoms with Gasteiger partial charge in [-0.05, 0) is 46.8 Å². The third-order valence-corrected chi connectivity index (χ3v) is 3.19. The Hall–Kier alpha value is -0.700. The minimum Gasteiger partial charge on any atom is -0.306 e. The molecule has 0 radical (unpaired) electrons. The summed E-state index contributed by atoms with van der Waals surface area (Å²) in [6.07, 6.45) is 1.38. The first-order valence-corrected chi connectivity index (χ1v) is 4.70. The monoisotopic (exact) mass is 183 g/mol. The molecule has 74 valence electrons. The summed E-state index contributed by atoms with van der Waals surface area (Å²) in [5.41, 5.74) is -0.660. The molecule has 3 heteroatoms. The number of carbonyl (C=O) groups is 2. The number of Topliss-reactive ketones (excluding diaryl/α,β-unsaturated/α-hetero) is 2. The maximum absolute atomic E-state index is 11.4. The van der Waals surface area contributed by atoms with Crippen LogP contribution in [0.25, 0.3) is 0 Å². The number of hydrogen-bond donors (Lipinski definition) is 0. The Kier molecular flexibility index (Phi) is 2.86. The van der Waals surface area contributed by atoms with E-state index < -0.39 is 5.41 Å². The Morgan fingerprint density at radius 3 is 1.77 bits per heavy atom. The minimum absolute atomic E-state index is 0.0353. The highest BCUT2D eigenvalue weighted by molar-refractivity contribution is 6.05. The zero-order valence-corrected chi connectivity index (χ0v) is 8.59. The van der Waals surface area contributed by atoms with E-state index >= 15 is 0 Å². The molecule has 1 rings (SSSR count). The number of piperidine rings is 1. The number of carbonyl (C=O) groups excluding carboxylic acids is 2. The van der Waals surface area contributed by atoms with Crippen molar-refractivity contribution in [3.63, 3.8) is 0 Å². The largest absolute Gasteiger partial charge is 0.306 e. The van der Waals surface area contributed by atoms with E-state index in [2.05, 4.69) is 4.90 Å².